The second kappa shape index (κ2) is 10.1. The highest BCUT2D eigenvalue weighted by Gasteiger charge is 2.38. The average Bonchev–Trinajstić information content (AvgIpc) is 3.24. The highest BCUT2D eigenvalue weighted by molar-refractivity contribution is 5.68. The average molecular weight is 549 g/mol. The highest BCUT2D eigenvalue weighted by atomic mass is 19.4. The second-order valence-electron chi connectivity index (χ2n) is 10.7. The molecule has 4 rings (SSSR count). The van der Waals surface area contributed by atoms with Gasteiger partial charge in [0.1, 0.15) is 11.3 Å². The van der Waals surface area contributed by atoms with E-state index in [1.807, 2.05) is 0 Å². The molecule has 1 aromatic carbocycles. The molecule has 1 unspecified atom stereocenters. The maximum absolute atomic E-state index is 13.3. The number of rotatable bonds is 3. The summed E-state index contributed by atoms with van der Waals surface area (Å²) in [6.07, 6.45) is -10.4. The molecular formula is C25H30F6N4O3. The number of nitrogens with zero attached hydrogens (tertiary/aromatic N) is 3. The summed E-state index contributed by atoms with van der Waals surface area (Å²) in [4.78, 5) is 15.6. The normalized spacial score (nSPS) is 18.8. The first kappa shape index (κ1) is 28.2. The maximum atomic E-state index is 13.3. The summed E-state index contributed by atoms with van der Waals surface area (Å²) in [7, 11) is 0. The van der Waals surface area contributed by atoms with Crippen molar-refractivity contribution in [3.05, 3.63) is 51.8 Å². The van der Waals surface area contributed by atoms with Crippen LogP contribution in [0.25, 0.3) is 0 Å². The summed E-state index contributed by atoms with van der Waals surface area (Å²) in [5.74, 6) is -0.516. The molecule has 210 valence electrons. The number of aromatic amines is 1. The maximum Gasteiger partial charge on any atom is 0.416 e. The van der Waals surface area contributed by atoms with E-state index in [0.29, 0.717) is 24.4 Å². The van der Waals surface area contributed by atoms with Crippen LogP contribution in [-0.4, -0.2) is 56.4 Å². The lowest BCUT2D eigenvalue weighted by Crippen LogP contribution is -2.40. The van der Waals surface area contributed by atoms with E-state index in [1.54, 1.807) is 25.7 Å². The fourth-order valence-corrected chi connectivity index (χ4v) is 4.90. The minimum atomic E-state index is -4.90. The molecule has 0 bridgehead atoms. The number of likely N-dealkylation sites (tertiary alicyclic amines) is 1. The molecule has 0 radical (unpaired) electrons. The number of fused-ring (bicyclic) bond motifs is 1. The van der Waals surface area contributed by atoms with Gasteiger partial charge in [0.2, 0.25) is 0 Å². The van der Waals surface area contributed by atoms with Crippen molar-refractivity contribution in [1.82, 2.24) is 20.0 Å². The summed E-state index contributed by atoms with van der Waals surface area (Å²) in [5.41, 5.74) is -1.44. The lowest BCUT2D eigenvalue weighted by molar-refractivity contribution is -0.143. The molecule has 38 heavy (non-hydrogen) atoms. The fraction of sp³-hybridized carbons (Fsp3) is 0.600. The zero-order valence-electron chi connectivity index (χ0n) is 21.2. The van der Waals surface area contributed by atoms with Crippen LogP contribution < -0.4 is 0 Å². The Morgan fingerprint density at radius 1 is 1.03 bits per heavy atom. The van der Waals surface area contributed by atoms with Gasteiger partial charge in [0, 0.05) is 25.2 Å². The van der Waals surface area contributed by atoms with Crippen LogP contribution in [0.4, 0.5) is 31.1 Å². The molecule has 1 saturated heterocycles. The Hall–Kier alpha value is -2.80. The van der Waals surface area contributed by atoms with Gasteiger partial charge in [-0.3, -0.25) is 10.00 Å². The standard InChI is InChI=1S/C25H30F6N4O3/c1-23(2,3)38-22(37)35-9-6-18-19(13-35)32-33-20(18)21(36)34-7-4-14(5-8-34)15-10-16(24(26,27)28)12-17(11-15)25(29,30)31/h10-12,14,21,36H,4-9,13H2,1-3H3,(H,32,33). The van der Waals surface area contributed by atoms with E-state index < -0.39 is 47.3 Å². The van der Waals surface area contributed by atoms with Gasteiger partial charge >= 0.3 is 18.4 Å². The summed E-state index contributed by atoms with van der Waals surface area (Å²) in [6.45, 7) is 6.46. The van der Waals surface area contributed by atoms with Gasteiger partial charge in [0.25, 0.3) is 0 Å². The van der Waals surface area contributed by atoms with Crippen LogP contribution in [0.2, 0.25) is 0 Å². The first-order valence-corrected chi connectivity index (χ1v) is 12.3. The van der Waals surface area contributed by atoms with Crippen molar-refractivity contribution in [2.75, 3.05) is 19.6 Å². The number of amides is 1. The number of alkyl halides is 6. The first-order chi connectivity index (χ1) is 17.5. The van der Waals surface area contributed by atoms with Crippen molar-refractivity contribution in [3.8, 4) is 0 Å². The van der Waals surface area contributed by atoms with Gasteiger partial charge in [-0.1, -0.05) is 0 Å². The molecule has 2 aliphatic rings. The molecule has 3 heterocycles. The van der Waals surface area contributed by atoms with Crippen LogP contribution in [0.3, 0.4) is 0 Å². The lowest BCUT2D eigenvalue weighted by atomic mass is 9.87. The second-order valence-corrected chi connectivity index (χ2v) is 10.7. The minimum Gasteiger partial charge on any atom is -0.444 e. The number of H-pyrrole nitrogens is 1. The Balaban J connectivity index is 1.43. The number of ether oxygens (including phenoxy) is 1. The Morgan fingerprint density at radius 2 is 1.61 bits per heavy atom. The number of benzene rings is 1. The van der Waals surface area contributed by atoms with Crippen molar-refractivity contribution >= 4 is 6.09 Å². The van der Waals surface area contributed by atoms with Gasteiger partial charge in [-0.2, -0.15) is 31.4 Å². The van der Waals surface area contributed by atoms with Crippen LogP contribution in [0.15, 0.2) is 18.2 Å². The van der Waals surface area contributed by atoms with Crippen LogP contribution in [0.1, 0.15) is 79.4 Å². The predicted octanol–water partition coefficient (Wildman–Crippen LogP) is 5.61. The number of carbonyl (C=O) groups is 1. The third-order valence-electron chi connectivity index (χ3n) is 6.82. The lowest BCUT2D eigenvalue weighted by Gasteiger charge is -2.35. The van der Waals surface area contributed by atoms with Gasteiger partial charge in [0.15, 0.2) is 6.23 Å². The van der Waals surface area contributed by atoms with Gasteiger partial charge in [0.05, 0.1) is 23.4 Å². The molecular weight excluding hydrogens is 518 g/mol. The molecule has 0 saturated carbocycles. The van der Waals surface area contributed by atoms with Crippen LogP contribution in [0, 0.1) is 0 Å². The van der Waals surface area contributed by atoms with Crippen molar-refractivity contribution < 1.29 is 41.0 Å². The monoisotopic (exact) mass is 548 g/mol. The van der Waals surface area contributed by atoms with Gasteiger partial charge in [-0.25, -0.2) is 4.79 Å². The summed E-state index contributed by atoms with van der Waals surface area (Å²) < 4.78 is 85.0. The quantitative estimate of drug-likeness (QED) is 0.488. The molecule has 1 aromatic heterocycles. The van der Waals surface area contributed by atoms with Crippen LogP contribution in [0.5, 0.6) is 0 Å². The number of aromatic nitrogens is 2. The molecule has 0 spiro atoms. The molecule has 7 nitrogen and oxygen atoms in total. The van der Waals surface area contributed by atoms with Gasteiger partial charge in [-0.05, 0) is 69.7 Å². The summed E-state index contributed by atoms with van der Waals surface area (Å²) >= 11 is 0. The summed E-state index contributed by atoms with van der Waals surface area (Å²) in [5, 5.41) is 18.1. The van der Waals surface area contributed by atoms with Crippen LogP contribution >= 0.6 is 0 Å². The molecule has 1 amide bonds. The smallest absolute Gasteiger partial charge is 0.416 e. The third-order valence-corrected chi connectivity index (χ3v) is 6.82. The minimum absolute atomic E-state index is 0.0133. The van der Waals surface area contributed by atoms with Crippen molar-refractivity contribution in [3.63, 3.8) is 0 Å². The third kappa shape index (κ3) is 6.25. The molecule has 2 aliphatic heterocycles. The first-order valence-electron chi connectivity index (χ1n) is 12.3. The topological polar surface area (TPSA) is 81.7 Å². The molecule has 2 aromatic rings. The fourth-order valence-electron chi connectivity index (χ4n) is 4.90. The molecule has 1 atom stereocenters. The number of aliphatic hydroxyl groups excluding tert-OH is 1. The highest BCUT2D eigenvalue weighted by Crippen LogP contribution is 2.40. The Bertz CT molecular complexity index is 1130. The van der Waals surface area contributed by atoms with E-state index in [-0.39, 0.29) is 44.1 Å². The number of piperidine rings is 1. The van der Waals surface area contributed by atoms with Crippen molar-refractivity contribution in [2.24, 2.45) is 0 Å². The van der Waals surface area contributed by atoms with E-state index in [0.717, 1.165) is 17.7 Å². The SMILES string of the molecule is CC(C)(C)OC(=O)N1CCc2c(C(O)N3CCC(c4cc(C(F)(F)F)cc(C(F)(F)F)c4)CC3)n[nH]c2C1. The summed E-state index contributed by atoms with van der Waals surface area (Å²) in [6, 6.07) is 1.70. The Kier molecular flexibility index (Phi) is 7.47. The van der Waals surface area contributed by atoms with Crippen LogP contribution in [-0.2, 0) is 30.1 Å². The number of hydrogen-bond donors (Lipinski definition) is 2. The van der Waals surface area contributed by atoms with Crippen molar-refractivity contribution in [2.45, 2.75) is 76.7 Å². The predicted molar refractivity (Wildman–Crippen MR) is 124 cm³/mol. The zero-order chi connectivity index (χ0) is 28.0. The number of hydrogen-bond acceptors (Lipinski definition) is 5. The Labute approximate surface area is 215 Å². The number of carbonyl (C=O) groups excluding carboxylic acids is 1. The molecule has 13 heteroatoms. The van der Waals surface area contributed by atoms with Gasteiger partial charge in [-0.15, -0.1) is 0 Å². The van der Waals surface area contributed by atoms with E-state index in [1.165, 1.54) is 4.90 Å². The zero-order valence-corrected chi connectivity index (χ0v) is 21.2. The van der Waals surface area contributed by atoms with E-state index in [4.69, 9.17) is 4.74 Å². The largest absolute Gasteiger partial charge is 0.444 e. The van der Waals surface area contributed by atoms with Gasteiger partial charge < -0.3 is 14.7 Å². The number of nitrogens with one attached hydrogen (secondary N) is 1. The molecule has 0 aliphatic carbocycles. The van der Waals surface area contributed by atoms with E-state index in [9.17, 15) is 36.2 Å². The van der Waals surface area contributed by atoms with Crippen molar-refractivity contribution in [1.29, 1.82) is 0 Å². The Morgan fingerprint density at radius 3 is 2.13 bits per heavy atom. The molecule has 2 N–H and O–H groups in total. The number of aliphatic hydroxyl groups is 1. The number of halogens is 6. The molecule has 1 fully saturated rings. The van der Waals surface area contributed by atoms with E-state index in [2.05, 4.69) is 10.2 Å². The van der Waals surface area contributed by atoms with E-state index >= 15 is 0 Å².